The maximum absolute atomic E-state index is 12.5. The maximum Gasteiger partial charge on any atom is 0.256 e. The van der Waals surface area contributed by atoms with Gasteiger partial charge in [0, 0.05) is 16.6 Å². The van der Waals surface area contributed by atoms with E-state index in [1.807, 2.05) is 26.8 Å². The highest BCUT2D eigenvalue weighted by atomic mass is 79.9. The van der Waals surface area contributed by atoms with Crippen molar-refractivity contribution in [3.63, 3.8) is 0 Å². The van der Waals surface area contributed by atoms with E-state index in [9.17, 15) is 4.79 Å². The molecular formula is C14H17BrClNO. The summed E-state index contributed by atoms with van der Waals surface area (Å²) < 4.78 is 0.725. The van der Waals surface area contributed by atoms with Crippen LogP contribution < -0.4 is 0 Å². The highest BCUT2D eigenvalue weighted by Gasteiger charge is 2.27. The molecule has 1 aromatic carbocycles. The van der Waals surface area contributed by atoms with E-state index in [0.29, 0.717) is 17.1 Å². The minimum atomic E-state index is -0.281. The summed E-state index contributed by atoms with van der Waals surface area (Å²) in [6.45, 7) is 10.1. The van der Waals surface area contributed by atoms with Gasteiger partial charge in [-0.25, -0.2) is 0 Å². The number of nitrogens with zero attached hydrogens (tertiary/aromatic N) is 1. The SMILES string of the molecule is C=CCN(C(=O)c1cccc(Br)c1Cl)C(C)(C)C. The first-order valence-electron chi connectivity index (χ1n) is 5.66. The molecule has 0 aliphatic carbocycles. The molecule has 1 rings (SSSR count). The van der Waals surface area contributed by atoms with Crippen molar-refractivity contribution in [2.75, 3.05) is 6.54 Å². The maximum atomic E-state index is 12.5. The standard InChI is InChI=1S/C14H17BrClNO/c1-5-9-17(14(2,3)4)13(18)10-7-6-8-11(15)12(10)16/h5-8H,1,9H2,2-4H3. The molecular weight excluding hydrogens is 314 g/mol. The van der Waals surface area contributed by atoms with E-state index in [1.165, 1.54) is 0 Å². The van der Waals surface area contributed by atoms with E-state index in [4.69, 9.17) is 11.6 Å². The zero-order valence-corrected chi connectivity index (χ0v) is 13.2. The Morgan fingerprint density at radius 3 is 2.61 bits per heavy atom. The van der Waals surface area contributed by atoms with Gasteiger partial charge in [0.2, 0.25) is 0 Å². The molecule has 0 saturated heterocycles. The first kappa shape index (κ1) is 15.3. The lowest BCUT2D eigenvalue weighted by molar-refractivity contribution is 0.0617. The fraction of sp³-hybridized carbons (Fsp3) is 0.357. The lowest BCUT2D eigenvalue weighted by Gasteiger charge is -2.35. The molecule has 0 bridgehead atoms. The van der Waals surface area contributed by atoms with Crippen LogP contribution in [0.15, 0.2) is 35.3 Å². The molecule has 0 unspecified atom stereocenters. The molecule has 0 atom stereocenters. The molecule has 2 nitrogen and oxygen atoms in total. The van der Waals surface area contributed by atoms with Crippen molar-refractivity contribution in [2.45, 2.75) is 26.3 Å². The predicted octanol–water partition coefficient (Wildman–Crippen LogP) is 4.53. The molecule has 0 spiro atoms. The summed E-state index contributed by atoms with van der Waals surface area (Å²) in [4.78, 5) is 14.3. The van der Waals surface area contributed by atoms with Gasteiger partial charge < -0.3 is 4.90 Å². The van der Waals surface area contributed by atoms with E-state index in [0.717, 1.165) is 4.47 Å². The lowest BCUT2D eigenvalue weighted by Crippen LogP contribution is -2.45. The number of halogens is 2. The van der Waals surface area contributed by atoms with Crippen LogP contribution in [0.25, 0.3) is 0 Å². The van der Waals surface area contributed by atoms with Gasteiger partial charge in [-0.1, -0.05) is 23.7 Å². The molecule has 0 aliphatic heterocycles. The van der Waals surface area contributed by atoms with Gasteiger partial charge in [-0.2, -0.15) is 0 Å². The van der Waals surface area contributed by atoms with Crippen molar-refractivity contribution in [1.82, 2.24) is 4.90 Å². The molecule has 0 aliphatic rings. The van der Waals surface area contributed by atoms with Crippen LogP contribution in [0.1, 0.15) is 31.1 Å². The Hall–Kier alpha value is -0.800. The molecule has 0 fully saturated rings. The zero-order chi connectivity index (χ0) is 13.9. The topological polar surface area (TPSA) is 20.3 Å². The molecule has 0 saturated carbocycles. The number of benzene rings is 1. The Labute approximate surface area is 122 Å². The fourth-order valence-corrected chi connectivity index (χ4v) is 2.18. The lowest BCUT2D eigenvalue weighted by atomic mass is 10.0. The molecule has 0 heterocycles. The van der Waals surface area contributed by atoms with Crippen LogP contribution in [-0.4, -0.2) is 22.9 Å². The average Bonchev–Trinajstić information content (AvgIpc) is 2.27. The number of hydrogen-bond donors (Lipinski definition) is 0. The molecule has 1 aromatic rings. The van der Waals surface area contributed by atoms with Crippen LogP contribution in [0.3, 0.4) is 0 Å². The quantitative estimate of drug-likeness (QED) is 0.746. The highest BCUT2D eigenvalue weighted by Crippen LogP contribution is 2.28. The minimum Gasteiger partial charge on any atom is -0.330 e. The molecule has 98 valence electrons. The molecule has 4 heteroatoms. The summed E-state index contributed by atoms with van der Waals surface area (Å²) in [5.74, 6) is -0.0892. The number of amides is 1. The number of carbonyl (C=O) groups excluding carboxylic acids is 1. The van der Waals surface area contributed by atoms with Gasteiger partial charge in [0.05, 0.1) is 10.6 Å². The van der Waals surface area contributed by atoms with Crippen molar-refractivity contribution in [3.8, 4) is 0 Å². The van der Waals surface area contributed by atoms with Crippen LogP contribution in [0.5, 0.6) is 0 Å². The fourth-order valence-electron chi connectivity index (χ4n) is 1.60. The van der Waals surface area contributed by atoms with E-state index < -0.39 is 0 Å². The molecule has 1 amide bonds. The van der Waals surface area contributed by atoms with Gasteiger partial charge in [0.15, 0.2) is 0 Å². The summed E-state index contributed by atoms with van der Waals surface area (Å²) in [5, 5.41) is 0.445. The number of carbonyl (C=O) groups is 1. The summed E-state index contributed by atoms with van der Waals surface area (Å²) in [5.41, 5.74) is 0.222. The summed E-state index contributed by atoms with van der Waals surface area (Å²) in [6, 6.07) is 5.35. The Bertz CT molecular complexity index is 465. The van der Waals surface area contributed by atoms with Crippen molar-refractivity contribution in [2.24, 2.45) is 0 Å². The van der Waals surface area contributed by atoms with E-state index >= 15 is 0 Å². The van der Waals surface area contributed by atoms with Gasteiger partial charge in [0.25, 0.3) is 5.91 Å². The second-order valence-corrected chi connectivity index (χ2v) is 6.21. The van der Waals surface area contributed by atoms with Gasteiger partial charge in [-0.15, -0.1) is 6.58 Å². The second kappa shape index (κ2) is 5.89. The van der Waals surface area contributed by atoms with Crippen LogP contribution in [0.4, 0.5) is 0 Å². The van der Waals surface area contributed by atoms with Crippen LogP contribution in [0.2, 0.25) is 5.02 Å². The monoisotopic (exact) mass is 329 g/mol. The Balaban J connectivity index is 3.18. The normalized spacial score (nSPS) is 11.2. The number of hydrogen-bond acceptors (Lipinski definition) is 1. The minimum absolute atomic E-state index is 0.0892. The molecule has 18 heavy (non-hydrogen) atoms. The third kappa shape index (κ3) is 3.36. The first-order valence-corrected chi connectivity index (χ1v) is 6.83. The van der Waals surface area contributed by atoms with Crippen LogP contribution in [0, 0.1) is 0 Å². The van der Waals surface area contributed by atoms with Gasteiger partial charge in [-0.05, 0) is 48.8 Å². The van der Waals surface area contributed by atoms with E-state index in [1.54, 1.807) is 23.1 Å². The van der Waals surface area contributed by atoms with Crippen molar-refractivity contribution >= 4 is 33.4 Å². The van der Waals surface area contributed by atoms with Crippen molar-refractivity contribution in [1.29, 1.82) is 0 Å². The molecule has 0 radical (unpaired) electrons. The Kier molecular flexibility index (Phi) is 5.00. The average molecular weight is 331 g/mol. The predicted molar refractivity (Wildman–Crippen MR) is 80.1 cm³/mol. The second-order valence-electron chi connectivity index (χ2n) is 4.98. The van der Waals surface area contributed by atoms with Crippen molar-refractivity contribution < 1.29 is 4.79 Å². The number of rotatable bonds is 3. The molecule has 0 aromatic heterocycles. The smallest absolute Gasteiger partial charge is 0.256 e. The Morgan fingerprint density at radius 2 is 2.11 bits per heavy atom. The zero-order valence-electron chi connectivity index (χ0n) is 10.8. The van der Waals surface area contributed by atoms with Crippen LogP contribution >= 0.6 is 27.5 Å². The van der Waals surface area contributed by atoms with Gasteiger partial charge in [0.1, 0.15) is 0 Å². The van der Waals surface area contributed by atoms with Crippen LogP contribution in [-0.2, 0) is 0 Å². The summed E-state index contributed by atoms with van der Waals surface area (Å²) in [6.07, 6.45) is 1.72. The summed E-state index contributed by atoms with van der Waals surface area (Å²) in [7, 11) is 0. The third-order valence-electron chi connectivity index (χ3n) is 2.55. The highest BCUT2D eigenvalue weighted by molar-refractivity contribution is 9.10. The largest absolute Gasteiger partial charge is 0.330 e. The first-order chi connectivity index (χ1) is 8.29. The third-order valence-corrected chi connectivity index (χ3v) is 3.84. The summed E-state index contributed by atoms with van der Waals surface area (Å²) >= 11 is 9.49. The van der Waals surface area contributed by atoms with Gasteiger partial charge in [-0.3, -0.25) is 4.79 Å². The van der Waals surface area contributed by atoms with Gasteiger partial charge >= 0.3 is 0 Å². The van der Waals surface area contributed by atoms with E-state index in [2.05, 4.69) is 22.5 Å². The Morgan fingerprint density at radius 1 is 1.50 bits per heavy atom. The van der Waals surface area contributed by atoms with E-state index in [-0.39, 0.29) is 11.4 Å². The molecule has 0 N–H and O–H groups in total. The van der Waals surface area contributed by atoms with Crippen molar-refractivity contribution in [3.05, 3.63) is 45.9 Å².